The highest BCUT2D eigenvalue weighted by atomic mass is 16.5. The van der Waals surface area contributed by atoms with Gasteiger partial charge in [0, 0.05) is 6.54 Å². The summed E-state index contributed by atoms with van der Waals surface area (Å²) < 4.78 is 6.88. The highest BCUT2D eigenvalue weighted by Crippen LogP contribution is 2.31. The molecule has 0 N–H and O–H groups in total. The molecule has 2 rings (SSSR count). The number of carbonyl (C=O) groups excluding carboxylic acids is 1. The van der Waals surface area contributed by atoms with Gasteiger partial charge in [0.1, 0.15) is 0 Å². The third kappa shape index (κ3) is 2.84. The molecule has 0 radical (unpaired) electrons. The Balaban J connectivity index is 2.18. The zero-order valence-electron chi connectivity index (χ0n) is 10.5. The van der Waals surface area contributed by atoms with E-state index in [1.54, 1.807) is 6.92 Å². The number of nitrogens with zero attached hydrogens (tertiary/aromatic N) is 3. The third-order valence-corrected chi connectivity index (χ3v) is 2.92. The summed E-state index contributed by atoms with van der Waals surface area (Å²) in [5.74, 6) is 0.375. The average molecular weight is 237 g/mol. The number of hydrogen-bond donors (Lipinski definition) is 0. The molecule has 5 nitrogen and oxygen atoms in total. The number of ether oxygens (including phenoxy) is 1. The lowest BCUT2D eigenvalue weighted by molar-refractivity contribution is 0.0518. The summed E-state index contributed by atoms with van der Waals surface area (Å²) >= 11 is 0. The molecule has 0 aliphatic heterocycles. The fraction of sp³-hybridized carbons (Fsp3) is 0.750. The van der Waals surface area contributed by atoms with Gasteiger partial charge >= 0.3 is 5.97 Å². The molecule has 0 amide bonds. The van der Waals surface area contributed by atoms with E-state index in [2.05, 4.69) is 17.2 Å². The zero-order chi connectivity index (χ0) is 12.3. The summed E-state index contributed by atoms with van der Waals surface area (Å²) in [6, 6.07) is 0. The molecule has 1 aromatic heterocycles. The Morgan fingerprint density at radius 3 is 2.82 bits per heavy atom. The van der Waals surface area contributed by atoms with Crippen LogP contribution in [-0.2, 0) is 17.7 Å². The van der Waals surface area contributed by atoms with E-state index in [0.717, 1.165) is 31.0 Å². The molecule has 0 aromatic carbocycles. The summed E-state index contributed by atoms with van der Waals surface area (Å²) in [7, 11) is 0. The number of carbonyl (C=O) groups is 1. The van der Waals surface area contributed by atoms with Gasteiger partial charge in [0.15, 0.2) is 5.69 Å². The molecular formula is C12H19N3O2. The normalized spacial score (nSPS) is 14.9. The van der Waals surface area contributed by atoms with Gasteiger partial charge in [0.2, 0.25) is 0 Å². The van der Waals surface area contributed by atoms with E-state index >= 15 is 0 Å². The van der Waals surface area contributed by atoms with Crippen molar-refractivity contribution >= 4 is 5.97 Å². The minimum atomic E-state index is -0.349. The van der Waals surface area contributed by atoms with E-state index < -0.39 is 0 Å². The standard InChI is InChI=1S/C12H19N3O2/c1-3-5-10-11(12(16)17-4-2)13-14-15(10)8-9-6-7-9/h9H,3-8H2,1-2H3. The number of aromatic nitrogens is 3. The lowest BCUT2D eigenvalue weighted by atomic mass is 10.2. The maximum Gasteiger partial charge on any atom is 0.360 e. The lowest BCUT2D eigenvalue weighted by Crippen LogP contribution is -2.11. The molecule has 94 valence electrons. The van der Waals surface area contributed by atoms with Gasteiger partial charge in [-0.1, -0.05) is 18.6 Å². The largest absolute Gasteiger partial charge is 0.461 e. The first-order valence-corrected chi connectivity index (χ1v) is 6.35. The maximum absolute atomic E-state index is 11.7. The van der Waals surface area contributed by atoms with Gasteiger partial charge in [-0.15, -0.1) is 5.10 Å². The third-order valence-electron chi connectivity index (χ3n) is 2.92. The van der Waals surface area contributed by atoms with Crippen LogP contribution in [0.5, 0.6) is 0 Å². The Morgan fingerprint density at radius 2 is 2.24 bits per heavy atom. The second kappa shape index (κ2) is 5.29. The Kier molecular flexibility index (Phi) is 3.76. The molecule has 0 bridgehead atoms. The molecule has 1 fully saturated rings. The fourth-order valence-electron chi connectivity index (χ4n) is 1.87. The monoisotopic (exact) mass is 237 g/mol. The zero-order valence-corrected chi connectivity index (χ0v) is 10.5. The van der Waals surface area contributed by atoms with Crippen LogP contribution in [0.4, 0.5) is 0 Å². The van der Waals surface area contributed by atoms with E-state index in [-0.39, 0.29) is 5.97 Å². The van der Waals surface area contributed by atoms with Crippen molar-refractivity contribution in [3.63, 3.8) is 0 Å². The SMILES string of the molecule is CCCc1c(C(=O)OCC)nnn1CC1CC1. The van der Waals surface area contributed by atoms with Crippen molar-refractivity contribution in [1.82, 2.24) is 15.0 Å². The summed E-state index contributed by atoms with van der Waals surface area (Å²) in [4.78, 5) is 11.7. The van der Waals surface area contributed by atoms with Crippen LogP contribution >= 0.6 is 0 Å². The summed E-state index contributed by atoms with van der Waals surface area (Å²) in [6.07, 6.45) is 4.33. The van der Waals surface area contributed by atoms with Crippen LogP contribution in [-0.4, -0.2) is 27.6 Å². The molecule has 1 aromatic rings. The summed E-state index contributed by atoms with van der Waals surface area (Å²) in [6.45, 7) is 5.15. The van der Waals surface area contributed by atoms with Crippen molar-refractivity contribution in [2.75, 3.05) is 6.61 Å². The van der Waals surface area contributed by atoms with Crippen molar-refractivity contribution < 1.29 is 9.53 Å². The van der Waals surface area contributed by atoms with Crippen LogP contribution in [0, 0.1) is 5.92 Å². The summed E-state index contributed by atoms with van der Waals surface area (Å²) in [5, 5.41) is 8.06. The lowest BCUT2D eigenvalue weighted by Gasteiger charge is -2.05. The molecule has 1 heterocycles. The molecule has 17 heavy (non-hydrogen) atoms. The van der Waals surface area contributed by atoms with Crippen LogP contribution in [0.1, 0.15) is 49.3 Å². The van der Waals surface area contributed by atoms with Crippen LogP contribution in [0.15, 0.2) is 0 Å². The minimum Gasteiger partial charge on any atom is -0.461 e. The number of esters is 1. The first-order valence-electron chi connectivity index (χ1n) is 6.35. The molecule has 0 unspecified atom stereocenters. The van der Waals surface area contributed by atoms with E-state index in [1.807, 2.05) is 4.68 Å². The Morgan fingerprint density at radius 1 is 1.47 bits per heavy atom. The van der Waals surface area contributed by atoms with Gasteiger partial charge in [-0.3, -0.25) is 0 Å². The van der Waals surface area contributed by atoms with Crippen LogP contribution in [0.2, 0.25) is 0 Å². The predicted octanol–water partition coefficient (Wildman–Crippen LogP) is 1.82. The van der Waals surface area contributed by atoms with Crippen molar-refractivity contribution in [2.45, 2.75) is 46.1 Å². The molecule has 0 saturated heterocycles. The minimum absolute atomic E-state index is 0.349. The smallest absolute Gasteiger partial charge is 0.360 e. The Labute approximate surface area is 101 Å². The fourth-order valence-corrected chi connectivity index (χ4v) is 1.87. The first kappa shape index (κ1) is 12.1. The van der Waals surface area contributed by atoms with Gasteiger partial charge in [-0.05, 0) is 32.1 Å². The quantitative estimate of drug-likeness (QED) is 0.708. The molecular weight excluding hydrogens is 218 g/mol. The second-order valence-electron chi connectivity index (χ2n) is 4.48. The Bertz CT molecular complexity index is 396. The molecule has 1 saturated carbocycles. The highest BCUT2D eigenvalue weighted by molar-refractivity contribution is 5.88. The van der Waals surface area contributed by atoms with Gasteiger partial charge in [-0.2, -0.15) is 0 Å². The van der Waals surface area contributed by atoms with Crippen molar-refractivity contribution in [3.8, 4) is 0 Å². The first-order chi connectivity index (χ1) is 8.26. The van der Waals surface area contributed by atoms with Crippen LogP contribution < -0.4 is 0 Å². The molecule has 1 aliphatic rings. The van der Waals surface area contributed by atoms with E-state index in [0.29, 0.717) is 12.3 Å². The van der Waals surface area contributed by atoms with E-state index in [9.17, 15) is 4.79 Å². The number of rotatable bonds is 6. The molecule has 5 heteroatoms. The van der Waals surface area contributed by atoms with Gasteiger partial charge in [0.05, 0.1) is 12.3 Å². The van der Waals surface area contributed by atoms with Crippen LogP contribution in [0.25, 0.3) is 0 Å². The summed E-state index contributed by atoms with van der Waals surface area (Å²) in [5.41, 5.74) is 1.33. The molecule has 1 aliphatic carbocycles. The van der Waals surface area contributed by atoms with Crippen molar-refractivity contribution in [2.24, 2.45) is 5.92 Å². The number of hydrogen-bond acceptors (Lipinski definition) is 4. The van der Waals surface area contributed by atoms with Crippen molar-refractivity contribution in [1.29, 1.82) is 0 Å². The van der Waals surface area contributed by atoms with E-state index in [1.165, 1.54) is 12.8 Å². The van der Waals surface area contributed by atoms with Gasteiger partial charge in [-0.25, -0.2) is 9.48 Å². The average Bonchev–Trinajstić information content (AvgIpc) is 3.02. The van der Waals surface area contributed by atoms with Crippen molar-refractivity contribution in [3.05, 3.63) is 11.4 Å². The highest BCUT2D eigenvalue weighted by Gasteiger charge is 2.26. The topological polar surface area (TPSA) is 57.0 Å². The molecule has 0 atom stereocenters. The van der Waals surface area contributed by atoms with Gasteiger partial charge < -0.3 is 4.74 Å². The predicted molar refractivity (Wildman–Crippen MR) is 62.7 cm³/mol. The van der Waals surface area contributed by atoms with E-state index in [4.69, 9.17) is 4.74 Å². The Hall–Kier alpha value is -1.39. The van der Waals surface area contributed by atoms with Crippen LogP contribution in [0.3, 0.4) is 0 Å². The second-order valence-corrected chi connectivity index (χ2v) is 4.48. The molecule has 0 spiro atoms. The maximum atomic E-state index is 11.7. The van der Waals surface area contributed by atoms with Gasteiger partial charge in [0.25, 0.3) is 0 Å².